The Kier molecular flexibility index (Phi) is 5.96. The monoisotopic (exact) mass is 482 g/mol. The van der Waals surface area contributed by atoms with Crippen LogP contribution in [-0.4, -0.2) is 54.1 Å². The van der Waals surface area contributed by atoms with Crippen molar-refractivity contribution in [1.29, 1.82) is 0 Å². The van der Waals surface area contributed by atoms with Gasteiger partial charge in [-0.3, -0.25) is 9.69 Å². The first-order chi connectivity index (χ1) is 17.0. The standard InChI is InChI=1S/C27H32F2N4O2/c28-27(29)16-32(17-27)22-6-3-19(4-7-22)26(34)33-15-21-2-1-11-30-25(21)31-23-8-5-20(14-24(23)33)18-9-12-35-13-10-18/h1-2,5,8,11,14,18-19,22H,3-4,6-7,9-10,12-13,15-17H2,(H,30,31). The smallest absolute Gasteiger partial charge is 0.272 e. The Labute approximate surface area is 204 Å². The van der Waals surface area contributed by atoms with Gasteiger partial charge in [0.15, 0.2) is 0 Å². The van der Waals surface area contributed by atoms with Gasteiger partial charge in [0.2, 0.25) is 5.91 Å². The number of ether oxygens (including phenoxy) is 1. The highest BCUT2D eigenvalue weighted by molar-refractivity contribution is 5.99. The molecule has 1 aromatic heterocycles. The molecule has 0 radical (unpaired) electrons. The molecule has 6 nitrogen and oxygen atoms in total. The van der Waals surface area contributed by atoms with E-state index in [1.54, 1.807) is 6.20 Å². The molecule has 8 heteroatoms. The molecule has 3 aliphatic heterocycles. The molecule has 0 atom stereocenters. The molecule has 0 spiro atoms. The third-order valence-electron chi connectivity index (χ3n) is 8.18. The fraction of sp³-hybridized carbons (Fsp3) is 0.556. The molecule has 35 heavy (non-hydrogen) atoms. The van der Waals surface area contributed by atoms with Crippen LogP contribution in [0, 0.1) is 5.92 Å². The van der Waals surface area contributed by atoms with Crippen LogP contribution in [0.15, 0.2) is 36.5 Å². The quantitative estimate of drug-likeness (QED) is 0.662. The van der Waals surface area contributed by atoms with Gasteiger partial charge < -0.3 is 15.0 Å². The first kappa shape index (κ1) is 22.9. The van der Waals surface area contributed by atoms with E-state index in [1.807, 2.05) is 21.9 Å². The number of benzene rings is 1. The van der Waals surface area contributed by atoms with Gasteiger partial charge in [-0.25, -0.2) is 13.8 Å². The zero-order valence-corrected chi connectivity index (χ0v) is 19.9. The van der Waals surface area contributed by atoms with Crippen molar-refractivity contribution in [2.75, 3.05) is 36.5 Å². The first-order valence-electron chi connectivity index (χ1n) is 12.8. The van der Waals surface area contributed by atoms with Crippen molar-refractivity contribution in [3.05, 3.63) is 47.7 Å². The van der Waals surface area contributed by atoms with E-state index in [0.717, 1.165) is 74.5 Å². The number of hydrogen-bond acceptors (Lipinski definition) is 5. The predicted molar refractivity (Wildman–Crippen MR) is 130 cm³/mol. The molecule has 4 aliphatic rings. The second-order valence-electron chi connectivity index (χ2n) is 10.5. The fourth-order valence-electron chi connectivity index (χ4n) is 6.14. The van der Waals surface area contributed by atoms with Gasteiger partial charge >= 0.3 is 0 Å². The van der Waals surface area contributed by atoms with Gasteiger partial charge in [-0.15, -0.1) is 0 Å². The van der Waals surface area contributed by atoms with Gasteiger partial charge in [0.1, 0.15) is 5.82 Å². The Balaban J connectivity index is 1.25. The Hall–Kier alpha value is -2.58. The number of fused-ring (bicyclic) bond motifs is 2. The summed E-state index contributed by atoms with van der Waals surface area (Å²) in [6.07, 6.45) is 6.81. The number of pyridine rings is 1. The van der Waals surface area contributed by atoms with E-state index < -0.39 is 5.92 Å². The van der Waals surface area contributed by atoms with Gasteiger partial charge in [0, 0.05) is 36.9 Å². The van der Waals surface area contributed by atoms with Crippen LogP contribution in [0.5, 0.6) is 0 Å². The Morgan fingerprint density at radius 2 is 1.83 bits per heavy atom. The normalized spacial score (nSPS) is 26.6. The number of carbonyl (C=O) groups excluding carboxylic acids is 1. The number of alkyl halides is 2. The minimum Gasteiger partial charge on any atom is -0.381 e. The zero-order valence-electron chi connectivity index (χ0n) is 19.9. The summed E-state index contributed by atoms with van der Waals surface area (Å²) in [5.41, 5.74) is 4.03. The van der Waals surface area contributed by atoms with Gasteiger partial charge in [-0.1, -0.05) is 12.1 Å². The molecule has 1 aromatic carbocycles. The SMILES string of the molecule is O=C(C1CCC(N2CC(F)(F)C2)CC1)N1Cc2cccnc2Nc2ccc(C3CCOCC3)cc21. The molecule has 1 aliphatic carbocycles. The van der Waals surface area contributed by atoms with Crippen LogP contribution in [0.3, 0.4) is 0 Å². The molecule has 2 aromatic rings. The number of nitrogens with one attached hydrogen (secondary N) is 1. The molecule has 3 fully saturated rings. The van der Waals surface area contributed by atoms with Crippen LogP contribution in [0.25, 0.3) is 0 Å². The highest BCUT2D eigenvalue weighted by atomic mass is 19.3. The Morgan fingerprint density at radius 3 is 2.57 bits per heavy atom. The maximum atomic E-state index is 14.0. The zero-order chi connectivity index (χ0) is 24.0. The topological polar surface area (TPSA) is 57.7 Å². The summed E-state index contributed by atoms with van der Waals surface area (Å²) >= 11 is 0. The summed E-state index contributed by atoms with van der Waals surface area (Å²) in [6, 6.07) is 10.5. The molecule has 4 heterocycles. The van der Waals surface area contributed by atoms with Crippen LogP contribution >= 0.6 is 0 Å². The maximum absolute atomic E-state index is 14.0. The molecule has 186 valence electrons. The van der Waals surface area contributed by atoms with Crippen molar-refractivity contribution in [2.24, 2.45) is 5.92 Å². The van der Waals surface area contributed by atoms with Crippen LogP contribution in [0.2, 0.25) is 0 Å². The van der Waals surface area contributed by atoms with E-state index in [0.29, 0.717) is 12.5 Å². The molecule has 2 saturated heterocycles. The van der Waals surface area contributed by atoms with Crippen molar-refractivity contribution in [3.63, 3.8) is 0 Å². The van der Waals surface area contributed by atoms with Crippen molar-refractivity contribution in [1.82, 2.24) is 9.88 Å². The summed E-state index contributed by atoms with van der Waals surface area (Å²) < 4.78 is 32.2. The lowest BCUT2D eigenvalue weighted by Crippen LogP contribution is -2.60. The second kappa shape index (κ2) is 9.13. The van der Waals surface area contributed by atoms with Crippen molar-refractivity contribution in [3.8, 4) is 0 Å². The largest absolute Gasteiger partial charge is 0.381 e. The lowest BCUT2D eigenvalue weighted by Gasteiger charge is -2.46. The van der Waals surface area contributed by atoms with Crippen LogP contribution in [0.1, 0.15) is 55.6 Å². The number of likely N-dealkylation sites (tertiary alicyclic amines) is 1. The van der Waals surface area contributed by atoms with Gasteiger partial charge in [0.05, 0.1) is 31.0 Å². The van der Waals surface area contributed by atoms with Crippen LogP contribution < -0.4 is 10.2 Å². The average Bonchev–Trinajstić information content (AvgIpc) is 3.04. The average molecular weight is 483 g/mol. The van der Waals surface area contributed by atoms with Crippen LogP contribution in [0.4, 0.5) is 26.0 Å². The number of amides is 1. The lowest BCUT2D eigenvalue weighted by molar-refractivity contribution is -0.152. The number of nitrogens with zero attached hydrogens (tertiary/aromatic N) is 3. The minimum absolute atomic E-state index is 0.0918. The molecule has 1 N–H and O–H groups in total. The minimum atomic E-state index is -2.54. The van der Waals surface area contributed by atoms with E-state index in [4.69, 9.17) is 4.74 Å². The van der Waals surface area contributed by atoms with E-state index >= 15 is 0 Å². The Bertz CT molecular complexity index is 1090. The number of halogens is 2. The number of rotatable bonds is 3. The first-order valence-corrected chi connectivity index (χ1v) is 12.8. The van der Waals surface area contributed by atoms with Crippen LogP contribution in [-0.2, 0) is 16.1 Å². The highest BCUT2D eigenvalue weighted by Crippen LogP contribution is 2.41. The van der Waals surface area contributed by atoms with Crippen molar-refractivity contribution in [2.45, 2.75) is 63.0 Å². The summed E-state index contributed by atoms with van der Waals surface area (Å²) in [4.78, 5) is 22.3. The highest BCUT2D eigenvalue weighted by Gasteiger charge is 2.47. The summed E-state index contributed by atoms with van der Waals surface area (Å²) in [5, 5.41) is 3.46. The maximum Gasteiger partial charge on any atom is 0.272 e. The molecule has 1 saturated carbocycles. The number of anilines is 3. The van der Waals surface area contributed by atoms with E-state index in [9.17, 15) is 13.6 Å². The molecular weight excluding hydrogens is 450 g/mol. The van der Waals surface area contributed by atoms with E-state index in [2.05, 4.69) is 28.5 Å². The molecule has 0 bridgehead atoms. The molecular formula is C27H32F2N4O2. The predicted octanol–water partition coefficient (Wildman–Crippen LogP) is 5.08. The second-order valence-corrected chi connectivity index (χ2v) is 10.5. The summed E-state index contributed by atoms with van der Waals surface area (Å²) in [6.45, 7) is 1.73. The van der Waals surface area contributed by atoms with E-state index in [1.165, 1.54) is 5.56 Å². The van der Waals surface area contributed by atoms with Gasteiger partial charge in [-0.05, 0) is 68.2 Å². The van der Waals surface area contributed by atoms with Crippen molar-refractivity contribution >= 4 is 23.1 Å². The molecule has 1 amide bonds. The third-order valence-corrected chi connectivity index (χ3v) is 8.18. The molecule has 6 rings (SSSR count). The van der Waals surface area contributed by atoms with E-state index in [-0.39, 0.29) is 31.0 Å². The lowest BCUT2D eigenvalue weighted by atomic mass is 9.83. The Morgan fingerprint density at radius 1 is 1.06 bits per heavy atom. The molecule has 0 unspecified atom stereocenters. The third kappa shape index (κ3) is 4.54. The van der Waals surface area contributed by atoms with Gasteiger partial charge in [-0.2, -0.15) is 0 Å². The fourth-order valence-corrected chi connectivity index (χ4v) is 6.14. The van der Waals surface area contributed by atoms with Crippen molar-refractivity contribution < 1.29 is 18.3 Å². The summed E-state index contributed by atoms with van der Waals surface area (Å²) in [7, 11) is 0. The van der Waals surface area contributed by atoms with Gasteiger partial charge in [0.25, 0.3) is 5.92 Å². The number of carbonyl (C=O) groups is 1. The number of hydrogen-bond donors (Lipinski definition) is 1. The number of aromatic nitrogens is 1. The summed E-state index contributed by atoms with van der Waals surface area (Å²) in [5.74, 6) is -1.30.